The summed E-state index contributed by atoms with van der Waals surface area (Å²) in [5.74, 6) is 1.92. The molecule has 96 valence electrons. The van der Waals surface area contributed by atoms with E-state index in [0.717, 1.165) is 30.1 Å². The number of rotatable bonds is 9. The van der Waals surface area contributed by atoms with Crippen LogP contribution in [0.2, 0.25) is 0 Å². The minimum atomic E-state index is 0.638. The molecular formula is C14H22O2S. The Morgan fingerprint density at radius 1 is 1.12 bits per heavy atom. The van der Waals surface area contributed by atoms with E-state index in [4.69, 9.17) is 9.47 Å². The van der Waals surface area contributed by atoms with Crippen LogP contribution in [0.5, 0.6) is 5.75 Å². The first kappa shape index (κ1) is 14.4. The number of methoxy groups -OCH3 is 1. The molecule has 2 nitrogen and oxygen atoms in total. The van der Waals surface area contributed by atoms with Gasteiger partial charge < -0.3 is 9.47 Å². The summed E-state index contributed by atoms with van der Waals surface area (Å²) >= 11 is 4.19. The van der Waals surface area contributed by atoms with Gasteiger partial charge in [0.25, 0.3) is 0 Å². The molecule has 0 spiro atoms. The number of hydrogen-bond donors (Lipinski definition) is 1. The number of ether oxygens (including phenoxy) is 2. The topological polar surface area (TPSA) is 18.5 Å². The van der Waals surface area contributed by atoms with E-state index in [-0.39, 0.29) is 0 Å². The van der Waals surface area contributed by atoms with Gasteiger partial charge in [-0.15, -0.1) is 0 Å². The van der Waals surface area contributed by atoms with Crippen molar-refractivity contribution in [3.05, 3.63) is 29.8 Å². The van der Waals surface area contributed by atoms with Gasteiger partial charge in [-0.05, 0) is 36.3 Å². The van der Waals surface area contributed by atoms with Gasteiger partial charge in [-0.2, -0.15) is 12.6 Å². The summed E-state index contributed by atoms with van der Waals surface area (Å²) in [5, 5.41) is 0. The fraction of sp³-hybridized carbons (Fsp3) is 0.571. The van der Waals surface area contributed by atoms with Crippen LogP contribution in [0.25, 0.3) is 0 Å². The molecule has 0 unspecified atom stereocenters. The predicted molar refractivity (Wildman–Crippen MR) is 75.0 cm³/mol. The monoisotopic (exact) mass is 254 g/mol. The summed E-state index contributed by atoms with van der Waals surface area (Å²) in [4.78, 5) is 0. The lowest BCUT2D eigenvalue weighted by Crippen LogP contribution is -1.98. The van der Waals surface area contributed by atoms with Crippen LogP contribution in [0.4, 0.5) is 0 Å². The Hall–Kier alpha value is -0.670. The van der Waals surface area contributed by atoms with Crippen molar-refractivity contribution in [3.8, 4) is 5.75 Å². The molecule has 1 aromatic carbocycles. The van der Waals surface area contributed by atoms with E-state index in [1.54, 1.807) is 7.11 Å². The molecule has 3 heteroatoms. The van der Waals surface area contributed by atoms with Crippen molar-refractivity contribution >= 4 is 12.6 Å². The quantitative estimate of drug-likeness (QED) is 0.535. The molecule has 0 aliphatic carbocycles. The molecule has 17 heavy (non-hydrogen) atoms. The van der Waals surface area contributed by atoms with Gasteiger partial charge in [0, 0.05) is 7.11 Å². The average molecular weight is 254 g/mol. The molecule has 0 saturated heterocycles. The van der Waals surface area contributed by atoms with Crippen LogP contribution >= 0.6 is 12.6 Å². The molecule has 0 aliphatic rings. The molecule has 0 radical (unpaired) electrons. The van der Waals surface area contributed by atoms with Gasteiger partial charge in [-0.25, -0.2) is 0 Å². The maximum atomic E-state index is 5.70. The third-order valence-electron chi connectivity index (χ3n) is 2.53. The number of thiol groups is 1. The number of hydrogen-bond acceptors (Lipinski definition) is 3. The fourth-order valence-corrected chi connectivity index (χ4v) is 1.87. The van der Waals surface area contributed by atoms with Crippen LogP contribution < -0.4 is 4.74 Å². The number of unbranched alkanes of at least 4 members (excludes halogenated alkanes) is 3. The van der Waals surface area contributed by atoms with Crippen molar-refractivity contribution in [2.24, 2.45) is 0 Å². The second kappa shape index (κ2) is 9.37. The Bertz CT molecular complexity index is 302. The van der Waals surface area contributed by atoms with E-state index in [1.807, 2.05) is 24.3 Å². The molecular weight excluding hydrogens is 232 g/mol. The molecule has 0 aromatic heterocycles. The van der Waals surface area contributed by atoms with E-state index in [9.17, 15) is 0 Å². The van der Waals surface area contributed by atoms with Crippen molar-refractivity contribution in [2.45, 2.75) is 32.3 Å². The smallest absolute Gasteiger partial charge is 0.119 e. The normalized spacial score (nSPS) is 10.5. The van der Waals surface area contributed by atoms with Crippen LogP contribution in [-0.2, 0) is 11.3 Å². The highest BCUT2D eigenvalue weighted by Crippen LogP contribution is 2.14. The van der Waals surface area contributed by atoms with E-state index in [0.29, 0.717) is 6.61 Å². The molecule has 0 aliphatic heterocycles. The lowest BCUT2D eigenvalue weighted by atomic mass is 10.2. The third kappa shape index (κ3) is 6.59. The highest BCUT2D eigenvalue weighted by Gasteiger charge is 1.97. The average Bonchev–Trinajstić information content (AvgIpc) is 2.35. The largest absolute Gasteiger partial charge is 0.494 e. The summed E-state index contributed by atoms with van der Waals surface area (Å²) in [5.41, 5.74) is 1.15. The second-order valence-electron chi connectivity index (χ2n) is 4.07. The van der Waals surface area contributed by atoms with E-state index < -0.39 is 0 Å². The second-order valence-corrected chi connectivity index (χ2v) is 4.51. The molecule has 0 amide bonds. The van der Waals surface area contributed by atoms with E-state index in [2.05, 4.69) is 12.6 Å². The van der Waals surface area contributed by atoms with Crippen LogP contribution in [0.1, 0.15) is 31.2 Å². The maximum Gasteiger partial charge on any atom is 0.119 e. The summed E-state index contributed by atoms with van der Waals surface area (Å²) in [7, 11) is 1.70. The van der Waals surface area contributed by atoms with Gasteiger partial charge in [-0.3, -0.25) is 0 Å². The van der Waals surface area contributed by atoms with Crippen LogP contribution in [0.3, 0.4) is 0 Å². The Kier molecular flexibility index (Phi) is 7.93. The van der Waals surface area contributed by atoms with Gasteiger partial charge in [-0.1, -0.05) is 25.0 Å². The zero-order chi connectivity index (χ0) is 12.3. The number of benzene rings is 1. The molecule has 1 rings (SSSR count). The Labute approximate surface area is 110 Å². The Morgan fingerprint density at radius 3 is 2.71 bits per heavy atom. The zero-order valence-electron chi connectivity index (χ0n) is 10.5. The zero-order valence-corrected chi connectivity index (χ0v) is 11.4. The SMILES string of the molecule is COCc1cccc(OCCCCCCS)c1. The van der Waals surface area contributed by atoms with Gasteiger partial charge in [0.15, 0.2) is 0 Å². The lowest BCUT2D eigenvalue weighted by molar-refractivity contribution is 0.184. The maximum absolute atomic E-state index is 5.70. The van der Waals surface area contributed by atoms with Gasteiger partial charge >= 0.3 is 0 Å². The Morgan fingerprint density at radius 2 is 1.94 bits per heavy atom. The first-order valence-corrected chi connectivity index (χ1v) is 6.81. The lowest BCUT2D eigenvalue weighted by Gasteiger charge is -2.07. The summed E-state index contributed by atoms with van der Waals surface area (Å²) < 4.78 is 10.8. The molecule has 0 heterocycles. The van der Waals surface area contributed by atoms with Crippen molar-refractivity contribution in [1.29, 1.82) is 0 Å². The van der Waals surface area contributed by atoms with Crippen molar-refractivity contribution in [2.75, 3.05) is 19.5 Å². The van der Waals surface area contributed by atoms with Gasteiger partial charge in [0.1, 0.15) is 5.75 Å². The molecule has 0 bridgehead atoms. The molecule has 0 atom stereocenters. The highest BCUT2D eigenvalue weighted by atomic mass is 32.1. The molecule has 0 N–H and O–H groups in total. The molecule has 0 fully saturated rings. The van der Waals surface area contributed by atoms with E-state index >= 15 is 0 Å². The van der Waals surface area contributed by atoms with Gasteiger partial charge in [0.2, 0.25) is 0 Å². The minimum Gasteiger partial charge on any atom is -0.494 e. The summed E-state index contributed by atoms with van der Waals surface area (Å²) in [6.45, 7) is 1.43. The first-order valence-electron chi connectivity index (χ1n) is 6.18. The molecule has 0 saturated carbocycles. The fourth-order valence-electron chi connectivity index (χ4n) is 1.65. The Balaban J connectivity index is 2.19. The first-order chi connectivity index (χ1) is 8.36. The van der Waals surface area contributed by atoms with E-state index in [1.165, 1.54) is 19.3 Å². The predicted octanol–water partition coefficient (Wildman–Crippen LogP) is 3.70. The standard InChI is InChI=1S/C14H22O2S/c1-15-12-13-7-6-8-14(11-13)16-9-4-2-3-5-10-17/h6-8,11,17H,2-5,9-10,12H2,1H3. The van der Waals surface area contributed by atoms with Crippen molar-refractivity contribution in [1.82, 2.24) is 0 Å². The minimum absolute atomic E-state index is 0.638. The highest BCUT2D eigenvalue weighted by molar-refractivity contribution is 7.80. The summed E-state index contributed by atoms with van der Waals surface area (Å²) in [6, 6.07) is 8.08. The van der Waals surface area contributed by atoms with Gasteiger partial charge in [0.05, 0.1) is 13.2 Å². The van der Waals surface area contributed by atoms with Crippen molar-refractivity contribution in [3.63, 3.8) is 0 Å². The molecule has 1 aromatic rings. The van der Waals surface area contributed by atoms with Crippen molar-refractivity contribution < 1.29 is 9.47 Å². The van der Waals surface area contributed by atoms with Crippen LogP contribution in [0, 0.1) is 0 Å². The summed E-state index contributed by atoms with van der Waals surface area (Å²) in [6.07, 6.45) is 4.78. The van der Waals surface area contributed by atoms with Crippen LogP contribution in [-0.4, -0.2) is 19.5 Å². The van der Waals surface area contributed by atoms with Crippen LogP contribution in [0.15, 0.2) is 24.3 Å². The third-order valence-corrected chi connectivity index (χ3v) is 2.85.